The normalized spacial score (nSPS) is 16.5. The van der Waals surface area contributed by atoms with Crippen LogP contribution in [0.3, 0.4) is 0 Å². The molecule has 1 saturated heterocycles. The van der Waals surface area contributed by atoms with Crippen molar-refractivity contribution in [3.8, 4) is 0 Å². The second-order valence-electron chi connectivity index (χ2n) is 4.78. The minimum absolute atomic E-state index is 0.903. The van der Waals surface area contributed by atoms with Gasteiger partial charge in [0.1, 0.15) is 10.8 Å². The second-order valence-corrected chi connectivity index (χ2v) is 6.67. The van der Waals surface area contributed by atoms with Crippen LogP contribution in [0.2, 0.25) is 0 Å². The van der Waals surface area contributed by atoms with E-state index in [0.717, 1.165) is 60.1 Å². The van der Waals surface area contributed by atoms with Gasteiger partial charge in [-0.25, -0.2) is 4.98 Å². The topological polar surface area (TPSA) is 58.0 Å². The summed E-state index contributed by atoms with van der Waals surface area (Å²) in [7, 11) is 0. The molecular formula is C12H18N6S2. The third-order valence-corrected chi connectivity index (χ3v) is 5.04. The molecule has 2 aromatic heterocycles. The van der Waals surface area contributed by atoms with E-state index in [0.29, 0.717) is 0 Å². The summed E-state index contributed by atoms with van der Waals surface area (Å²) >= 11 is 3.18. The number of nitrogens with zero attached hydrogens (tertiary/aromatic N) is 6. The highest BCUT2D eigenvalue weighted by molar-refractivity contribution is 7.15. The molecular weight excluding hydrogens is 292 g/mol. The number of hydrogen-bond donors (Lipinski definition) is 0. The number of anilines is 2. The van der Waals surface area contributed by atoms with Crippen LogP contribution in [0, 0.1) is 6.92 Å². The molecule has 0 atom stereocenters. The SMILES string of the molecule is CCc1nsc(N2CCCN(c3nnc(C)s3)CC2)n1. The summed E-state index contributed by atoms with van der Waals surface area (Å²) in [4.78, 5) is 9.25. The minimum atomic E-state index is 0.903. The van der Waals surface area contributed by atoms with Crippen LogP contribution in [0.4, 0.5) is 10.3 Å². The highest BCUT2D eigenvalue weighted by Crippen LogP contribution is 2.23. The highest BCUT2D eigenvalue weighted by atomic mass is 32.1. The van der Waals surface area contributed by atoms with Crippen molar-refractivity contribution in [3.05, 3.63) is 10.8 Å². The average molecular weight is 310 g/mol. The molecule has 3 heterocycles. The Balaban J connectivity index is 1.67. The van der Waals surface area contributed by atoms with Gasteiger partial charge >= 0.3 is 0 Å². The highest BCUT2D eigenvalue weighted by Gasteiger charge is 2.20. The zero-order valence-electron chi connectivity index (χ0n) is 11.7. The van der Waals surface area contributed by atoms with Crippen LogP contribution in [0.1, 0.15) is 24.2 Å². The first kappa shape index (κ1) is 13.7. The fraction of sp³-hybridized carbons (Fsp3) is 0.667. The Kier molecular flexibility index (Phi) is 4.11. The largest absolute Gasteiger partial charge is 0.345 e. The van der Waals surface area contributed by atoms with Gasteiger partial charge in [0, 0.05) is 44.1 Å². The van der Waals surface area contributed by atoms with Crippen molar-refractivity contribution in [3.63, 3.8) is 0 Å². The van der Waals surface area contributed by atoms with E-state index in [1.165, 1.54) is 11.5 Å². The van der Waals surface area contributed by atoms with Gasteiger partial charge in [-0.2, -0.15) is 4.37 Å². The van der Waals surface area contributed by atoms with Crippen molar-refractivity contribution in [2.75, 3.05) is 36.0 Å². The predicted octanol–water partition coefficient (Wildman–Crippen LogP) is 1.98. The average Bonchev–Trinajstić information content (AvgIpc) is 3.03. The molecule has 0 amide bonds. The Morgan fingerprint density at radius 2 is 1.80 bits per heavy atom. The van der Waals surface area contributed by atoms with Gasteiger partial charge in [-0.1, -0.05) is 18.3 Å². The Labute approximate surface area is 126 Å². The van der Waals surface area contributed by atoms with E-state index in [-0.39, 0.29) is 0 Å². The summed E-state index contributed by atoms with van der Waals surface area (Å²) < 4.78 is 4.38. The molecule has 6 nitrogen and oxygen atoms in total. The maximum atomic E-state index is 4.59. The third-order valence-electron chi connectivity index (χ3n) is 3.33. The van der Waals surface area contributed by atoms with Gasteiger partial charge in [0.15, 0.2) is 0 Å². The summed E-state index contributed by atoms with van der Waals surface area (Å²) in [5, 5.41) is 11.5. The van der Waals surface area contributed by atoms with E-state index < -0.39 is 0 Å². The summed E-state index contributed by atoms with van der Waals surface area (Å²) in [5.41, 5.74) is 0. The first-order chi connectivity index (χ1) is 9.76. The van der Waals surface area contributed by atoms with E-state index in [1.54, 1.807) is 11.3 Å². The monoisotopic (exact) mass is 310 g/mol. The van der Waals surface area contributed by atoms with Crippen LogP contribution in [0.25, 0.3) is 0 Å². The minimum Gasteiger partial charge on any atom is -0.345 e. The predicted molar refractivity (Wildman–Crippen MR) is 83.0 cm³/mol. The molecule has 3 rings (SSSR count). The molecule has 0 saturated carbocycles. The van der Waals surface area contributed by atoms with Gasteiger partial charge in [-0.3, -0.25) is 0 Å². The van der Waals surface area contributed by atoms with Crippen molar-refractivity contribution in [2.45, 2.75) is 26.7 Å². The molecule has 1 aliphatic rings. The van der Waals surface area contributed by atoms with Crippen LogP contribution < -0.4 is 9.80 Å². The van der Waals surface area contributed by atoms with Gasteiger partial charge in [0.2, 0.25) is 10.3 Å². The molecule has 1 fully saturated rings. The fourth-order valence-electron chi connectivity index (χ4n) is 2.23. The van der Waals surface area contributed by atoms with Crippen LogP contribution in [-0.4, -0.2) is 45.7 Å². The maximum Gasteiger partial charge on any atom is 0.208 e. The Hall–Kier alpha value is -1.28. The zero-order chi connectivity index (χ0) is 13.9. The molecule has 8 heteroatoms. The lowest BCUT2D eigenvalue weighted by Crippen LogP contribution is -2.30. The van der Waals surface area contributed by atoms with Crippen molar-refractivity contribution >= 4 is 33.1 Å². The molecule has 0 bridgehead atoms. The number of aryl methyl sites for hydroxylation is 2. The third kappa shape index (κ3) is 2.90. The van der Waals surface area contributed by atoms with E-state index in [4.69, 9.17) is 0 Å². The van der Waals surface area contributed by atoms with E-state index >= 15 is 0 Å². The summed E-state index contributed by atoms with van der Waals surface area (Å²) in [6.07, 6.45) is 2.01. The molecule has 0 radical (unpaired) electrons. The summed E-state index contributed by atoms with van der Waals surface area (Å²) in [5.74, 6) is 0.950. The molecule has 1 aliphatic heterocycles. The Morgan fingerprint density at radius 3 is 2.40 bits per heavy atom. The van der Waals surface area contributed by atoms with E-state index in [2.05, 4.69) is 36.3 Å². The van der Waals surface area contributed by atoms with Gasteiger partial charge in [-0.05, 0) is 13.3 Å². The number of hydrogen-bond acceptors (Lipinski definition) is 8. The molecule has 0 aromatic carbocycles. The van der Waals surface area contributed by atoms with Gasteiger partial charge in [0.25, 0.3) is 0 Å². The van der Waals surface area contributed by atoms with Gasteiger partial charge in [0.05, 0.1) is 0 Å². The molecule has 108 valence electrons. The van der Waals surface area contributed by atoms with Crippen molar-refractivity contribution in [1.29, 1.82) is 0 Å². The summed E-state index contributed by atoms with van der Waals surface area (Å²) in [6, 6.07) is 0. The molecule has 0 unspecified atom stereocenters. The van der Waals surface area contributed by atoms with Crippen LogP contribution >= 0.6 is 22.9 Å². The number of rotatable bonds is 3. The maximum absolute atomic E-state index is 4.59. The van der Waals surface area contributed by atoms with Gasteiger partial charge < -0.3 is 9.80 Å². The number of aromatic nitrogens is 4. The molecule has 20 heavy (non-hydrogen) atoms. The van der Waals surface area contributed by atoms with Crippen molar-refractivity contribution < 1.29 is 0 Å². The van der Waals surface area contributed by atoms with E-state index in [1.807, 2.05) is 6.92 Å². The quantitative estimate of drug-likeness (QED) is 0.864. The molecule has 0 spiro atoms. The van der Waals surface area contributed by atoms with E-state index in [9.17, 15) is 0 Å². The Bertz CT molecular complexity index is 566. The lowest BCUT2D eigenvalue weighted by Gasteiger charge is -2.20. The van der Waals surface area contributed by atoms with Crippen LogP contribution in [0.5, 0.6) is 0 Å². The summed E-state index contributed by atoms with van der Waals surface area (Å²) in [6.45, 7) is 8.09. The first-order valence-electron chi connectivity index (χ1n) is 6.89. The first-order valence-corrected chi connectivity index (χ1v) is 8.48. The lowest BCUT2D eigenvalue weighted by atomic mass is 10.4. The second kappa shape index (κ2) is 6.01. The zero-order valence-corrected chi connectivity index (χ0v) is 13.4. The van der Waals surface area contributed by atoms with Gasteiger partial charge in [-0.15, -0.1) is 10.2 Å². The molecule has 0 aliphatic carbocycles. The fourth-order valence-corrected chi connectivity index (χ4v) is 3.77. The van der Waals surface area contributed by atoms with Crippen LogP contribution in [0.15, 0.2) is 0 Å². The Morgan fingerprint density at radius 1 is 1.05 bits per heavy atom. The smallest absolute Gasteiger partial charge is 0.208 e. The molecule has 0 N–H and O–H groups in total. The van der Waals surface area contributed by atoms with Crippen molar-refractivity contribution in [2.24, 2.45) is 0 Å². The standard InChI is InChI=1S/C12H18N6S2/c1-3-10-13-11(20-16-10)17-5-4-6-18(8-7-17)12-15-14-9(2)19-12/h3-8H2,1-2H3. The lowest BCUT2D eigenvalue weighted by molar-refractivity contribution is 0.796. The van der Waals surface area contributed by atoms with Crippen molar-refractivity contribution in [1.82, 2.24) is 19.6 Å². The molecule has 2 aromatic rings. The van der Waals surface area contributed by atoms with Crippen LogP contribution in [-0.2, 0) is 6.42 Å².